The third kappa shape index (κ3) is 22.7. The van der Waals surface area contributed by atoms with E-state index in [1.54, 1.807) is 0 Å². The molecule has 32 heteroatoms. The molecular formula is C31H47N6O21P3S2. The molecule has 0 radical (unpaired) electrons. The van der Waals surface area contributed by atoms with Gasteiger partial charge in [0.1, 0.15) is 23.9 Å². The largest absolute Gasteiger partial charge is 0.490 e. The highest BCUT2D eigenvalue weighted by Gasteiger charge is 2.43. The average molecular weight is 997 g/mol. The molecule has 354 valence electrons. The van der Waals surface area contributed by atoms with Crippen LogP contribution in [0.25, 0.3) is 0 Å². The Hall–Kier alpha value is -3.71. The summed E-state index contributed by atoms with van der Waals surface area (Å²) in [4.78, 5) is 134. The van der Waals surface area contributed by atoms with Crippen molar-refractivity contribution >= 4 is 80.4 Å². The summed E-state index contributed by atoms with van der Waals surface area (Å²) in [6.45, 7) is 1.47. The summed E-state index contributed by atoms with van der Waals surface area (Å²) in [7, 11) is -14.5. The van der Waals surface area contributed by atoms with Crippen LogP contribution in [0.1, 0.15) is 70.6 Å². The highest BCUT2D eigenvalue weighted by atomic mass is 33.1. The van der Waals surface area contributed by atoms with Crippen molar-refractivity contribution in [2.75, 3.05) is 31.2 Å². The number of nitrogens with zero attached hydrogens (tertiary/aromatic N) is 1. The molecule has 0 bridgehead atoms. The van der Waals surface area contributed by atoms with Crippen molar-refractivity contribution < 1.29 is 90.1 Å². The Morgan fingerprint density at radius 2 is 1.63 bits per heavy atom. The Labute approximate surface area is 365 Å². The van der Waals surface area contributed by atoms with E-state index in [9.17, 15) is 66.9 Å². The minimum atomic E-state index is -5.80. The number of carbonyl (C=O) groups is 6. The number of phosphoric acid groups is 3. The maximum absolute atomic E-state index is 12.7. The van der Waals surface area contributed by atoms with Crippen molar-refractivity contribution in [2.24, 2.45) is 0 Å². The van der Waals surface area contributed by atoms with E-state index in [0.717, 1.165) is 10.8 Å². The summed E-state index contributed by atoms with van der Waals surface area (Å²) in [5.74, 6) is 2.06. The highest BCUT2D eigenvalue weighted by Crippen LogP contribution is 2.66. The monoisotopic (exact) mass is 996 g/mol. The van der Waals surface area contributed by atoms with Gasteiger partial charge in [0.05, 0.1) is 31.7 Å². The fraction of sp³-hybridized carbons (Fsp3) is 0.613. The van der Waals surface area contributed by atoms with E-state index in [1.165, 1.54) is 35.4 Å². The number of carboxylic acid groups (broad SMARTS) is 1. The lowest BCUT2D eigenvalue weighted by Gasteiger charge is -2.19. The second kappa shape index (κ2) is 26.3. The average Bonchev–Trinajstić information content (AvgIpc) is 3.51. The van der Waals surface area contributed by atoms with Crippen molar-refractivity contribution in [3.05, 3.63) is 32.6 Å². The number of phosphoric ester groups is 1. The van der Waals surface area contributed by atoms with Crippen molar-refractivity contribution in [2.45, 2.75) is 89.3 Å². The van der Waals surface area contributed by atoms with Gasteiger partial charge in [-0.2, -0.15) is 8.62 Å². The maximum atomic E-state index is 12.7. The number of aliphatic hydroxyl groups excluding tert-OH is 1. The quantitative estimate of drug-likeness (QED) is 0.0207. The van der Waals surface area contributed by atoms with Crippen LogP contribution in [0.2, 0.25) is 0 Å². The number of hydrogen-bond acceptors (Lipinski definition) is 18. The Kier molecular flexibility index (Phi) is 23.1. The van der Waals surface area contributed by atoms with Gasteiger partial charge in [0.25, 0.3) is 5.56 Å². The second-order valence-corrected chi connectivity index (χ2v) is 20.2. The first-order valence-electron chi connectivity index (χ1n) is 18.3. The predicted octanol–water partition coefficient (Wildman–Crippen LogP) is -1.50. The lowest BCUT2D eigenvalue weighted by atomic mass is 10.1. The summed E-state index contributed by atoms with van der Waals surface area (Å²) in [6.07, 6.45) is -2.55. The first kappa shape index (κ1) is 55.4. The molecule has 0 spiro atoms. The SMILES string of the molecule is CC(=O)NC(CSSCCC(=O)NCC#Cc1cn(C2CC(O)C(COP(=O)(O)OP(=O)(O)OP(=O)(O)O)O2)c(=O)[nH]c1=O)C(=O)NCCCCCC(=O)NC(CC(=O)O)C(C)=O. The van der Waals surface area contributed by atoms with Gasteiger partial charge < -0.3 is 55.8 Å². The predicted molar refractivity (Wildman–Crippen MR) is 219 cm³/mol. The number of ether oxygens (including phenoxy) is 1. The highest BCUT2D eigenvalue weighted by molar-refractivity contribution is 8.76. The van der Waals surface area contributed by atoms with E-state index < -0.39 is 114 Å². The van der Waals surface area contributed by atoms with Crippen molar-refractivity contribution in [3.63, 3.8) is 0 Å². The zero-order chi connectivity index (χ0) is 47.5. The number of aliphatic carboxylic acids is 1. The molecule has 1 aromatic heterocycles. The van der Waals surface area contributed by atoms with Gasteiger partial charge in [-0.05, 0) is 19.8 Å². The Bertz CT molecular complexity index is 2140. The van der Waals surface area contributed by atoms with Crippen LogP contribution < -0.4 is 32.5 Å². The number of rotatable bonds is 27. The maximum Gasteiger partial charge on any atom is 0.490 e. The topological polar surface area (TPSA) is 415 Å². The number of carbonyl (C=O) groups excluding carboxylic acids is 5. The van der Waals surface area contributed by atoms with Gasteiger partial charge in [0.15, 0.2) is 5.78 Å². The third-order valence-electron chi connectivity index (χ3n) is 7.91. The van der Waals surface area contributed by atoms with Gasteiger partial charge in [-0.3, -0.25) is 47.6 Å². The lowest BCUT2D eigenvalue weighted by molar-refractivity contribution is -0.140. The van der Waals surface area contributed by atoms with Crippen LogP contribution in [0.4, 0.5) is 0 Å². The molecule has 63 heavy (non-hydrogen) atoms. The third-order valence-corrected chi connectivity index (χ3v) is 14.1. The minimum absolute atomic E-state index is 0.0272. The number of nitrogens with one attached hydrogen (secondary N) is 5. The summed E-state index contributed by atoms with van der Waals surface area (Å²) >= 11 is 0. The molecule has 1 fully saturated rings. The summed E-state index contributed by atoms with van der Waals surface area (Å²) < 4.78 is 52.3. The molecule has 1 aliphatic heterocycles. The Balaban J connectivity index is 1.77. The first-order chi connectivity index (χ1) is 29.3. The number of ketones is 1. The summed E-state index contributed by atoms with van der Waals surface area (Å²) in [5, 5.41) is 29.4. The number of aromatic amines is 1. The van der Waals surface area contributed by atoms with E-state index >= 15 is 0 Å². The number of aromatic nitrogens is 2. The van der Waals surface area contributed by atoms with Gasteiger partial charge in [-0.25, -0.2) is 18.5 Å². The zero-order valence-corrected chi connectivity index (χ0v) is 37.7. The number of H-pyrrole nitrogens is 1. The molecule has 7 unspecified atom stereocenters. The molecule has 11 N–H and O–H groups in total. The summed E-state index contributed by atoms with van der Waals surface area (Å²) in [5.41, 5.74) is -2.17. The van der Waals surface area contributed by atoms with E-state index in [4.69, 9.17) is 19.6 Å². The molecule has 4 amide bonds. The van der Waals surface area contributed by atoms with Crippen molar-refractivity contribution in [1.82, 2.24) is 30.8 Å². The van der Waals surface area contributed by atoms with Crippen LogP contribution in [0.15, 0.2) is 15.8 Å². The molecule has 1 aliphatic rings. The molecule has 1 saturated heterocycles. The van der Waals surface area contributed by atoms with Crippen LogP contribution in [-0.4, -0.2) is 130 Å². The number of Topliss-reactive ketones (excluding diaryl/α,β-unsaturated/α-hetero) is 1. The van der Waals surface area contributed by atoms with Crippen LogP contribution in [0.5, 0.6) is 0 Å². The molecule has 7 atom stereocenters. The number of carboxylic acids is 1. The fourth-order valence-corrected chi connectivity index (χ4v) is 10.2. The lowest BCUT2D eigenvalue weighted by Crippen LogP contribution is -2.47. The van der Waals surface area contributed by atoms with E-state index in [1.807, 2.05) is 4.98 Å². The van der Waals surface area contributed by atoms with Crippen LogP contribution >= 0.6 is 45.1 Å². The zero-order valence-electron chi connectivity index (χ0n) is 33.4. The van der Waals surface area contributed by atoms with Gasteiger partial charge in [0.2, 0.25) is 23.6 Å². The van der Waals surface area contributed by atoms with Gasteiger partial charge >= 0.3 is 35.1 Å². The molecule has 2 heterocycles. The van der Waals surface area contributed by atoms with Crippen LogP contribution in [-0.2, 0) is 60.3 Å². The fourth-order valence-electron chi connectivity index (χ4n) is 5.06. The standard InChI is InChI=1S/C31H47N6O21P3S2/c1-18(38)21(13-28(43)44)35-26(42)8-4-3-5-10-33-30(46)22(34-19(2)39)17-63-62-12-9-25(41)32-11-6-7-20-15-37(31(47)36-29(20)45)27-14-23(40)24(56-27)16-55-60(51,52)58-61(53,54)57-59(48,49)50/h15,21-24,27,40H,3-5,8-14,16-17H2,1-2H3,(H,32,41)(H,33,46)(H,34,39)(H,35,42)(H,43,44)(H,51,52)(H,53,54)(H,36,45,47)(H2,48,49,50). The smallest absolute Gasteiger partial charge is 0.481 e. The molecular weight excluding hydrogens is 949 g/mol. The number of aliphatic hydroxyl groups is 1. The number of amides is 4. The van der Waals surface area contributed by atoms with Crippen LogP contribution in [0, 0.1) is 11.8 Å². The first-order valence-corrected chi connectivity index (χ1v) is 25.3. The van der Waals surface area contributed by atoms with Gasteiger partial charge in [-0.1, -0.05) is 39.8 Å². The molecule has 27 nitrogen and oxygen atoms in total. The van der Waals surface area contributed by atoms with Gasteiger partial charge in [0, 0.05) is 50.4 Å². The van der Waals surface area contributed by atoms with E-state index in [0.29, 0.717) is 25.0 Å². The Morgan fingerprint density at radius 1 is 0.937 bits per heavy atom. The molecule has 1 aromatic rings. The molecule has 2 rings (SSSR count). The minimum Gasteiger partial charge on any atom is -0.481 e. The normalized spacial score (nSPS) is 18.9. The van der Waals surface area contributed by atoms with E-state index in [-0.39, 0.29) is 43.7 Å². The molecule has 0 aliphatic carbocycles. The number of hydrogen-bond donors (Lipinski definition) is 11. The van der Waals surface area contributed by atoms with Crippen molar-refractivity contribution in [1.29, 1.82) is 0 Å². The van der Waals surface area contributed by atoms with Crippen molar-refractivity contribution in [3.8, 4) is 11.8 Å². The van der Waals surface area contributed by atoms with E-state index in [2.05, 4.69) is 46.3 Å². The number of unbranched alkanes of at least 4 members (excludes halogenated alkanes) is 2. The molecule has 0 aromatic carbocycles. The van der Waals surface area contributed by atoms with Crippen LogP contribution in [0.3, 0.4) is 0 Å². The molecule has 0 saturated carbocycles. The summed E-state index contributed by atoms with van der Waals surface area (Å²) in [6, 6.07) is -1.98. The Morgan fingerprint density at radius 3 is 2.27 bits per heavy atom. The van der Waals surface area contributed by atoms with Gasteiger partial charge in [-0.15, -0.1) is 0 Å². The second-order valence-electron chi connectivity index (χ2n) is 13.1.